The quantitative estimate of drug-likeness (QED) is 0.769. The van der Waals surface area contributed by atoms with Crippen LogP contribution in [0.25, 0.3) is 0 Å². The van der Waals surface area contributed by atoms with Gasteiger partial charge in [-0.3, -0.25) is 4.39 Å². The minimum Gasteiger partial charge on any atom is -0.324 e. The predicted octanol–water partition coefficient (Wildman–Crippen LogP) is 2.49. The molecule has 1 atom stereocenters. The number of nitrogens with two attached hydrogens (primary N) is 1. The fourth-order valence-electron chi connectivity index (χ4n) is 1.33. The standard InChI is InChI=1S/C10H13F2N/c1-7-6-8(12)2-3-9(7)10(13)4-5-11/h2-3,6,10H,4-5,13H2,1H3/t10-/m1/s1. The van der Waals surface area contributed by atoms with Crippen molar-refractivity contribution in [3.63, 3.8) is 0 Å². The SMILES string of the molecule is Cc1cc(F)ccc1[C@H](N)CCF. The van der Waals surface area contributed by atoms with E-state index in [1.165, 1.54) is 12.1 Å². The molecule has 1 rings (SSSR count). The zero-order valence-electron chi connectivity index (χ0n) is 7.56. The van der Waals surface area contributed by atoms with Gasteiger partial charge in [-0.15, -0.1) is 0 Å². The number of aryl methyl sites for hydroxylation is 1. The maximum atomic E-state index is 12.7. The van der Waals surface area contributed by atoms with Crippen LogP contribution in [0, 0.1) is 12.7 Å². The van der Waals surface area contributed by atoms with Gasteiger partial charge in [0.05, 0.1) is 6.67 Å². The van der Waals surface area contributed by atoms with Crippen LogP contribution in [0.5, 0.6) is 0 Å². The van der Waals surface area contributed by atoms with Crippen LogP contribution in [0.2, 0.25) is 0 Å². The van der Waals surface area contributed by atoms with Gasteiger partial charge in [0.1, 0.15) is 5.82 Å². The maximum absolute atomic E-state index is 12.7. The zero-order chi connectivity index (χ0) is 9.84. The number of benzene rings is 1. The fraction of sp³-hybridized carbons (Fsp3) is 0.400. The van der Waals surface area contributed by atoms with Gasteiger partial charge in [0.15, 0.2) is 0 Å². The van der Waals surface area contributed by atoms with Crippen molar-refractivity contribution in [1.82, 2.24) is 0 Å². The number of hydrogen-bond donors (Lipinski definition) is 1. The van der Waals surface area contributed by atoms with Crippen LogP contribution in [0.1, 0.15) is 23.6 Å². The van der Waals surface area contributed by atoms with Crippen molar-refractivity contribution in [2.24, 2.45) is 5.73 Å². The van der Waals surface area contributed by atoms with Crippen LogP contribution >= 0.6 is 0 Å². The summed E-state index contributed by atoms with van der Waals surface area (Å²) >= 11 is 0. The Labute approximate surface area is 76.6 Å². The molecule has 0 aliphatic carbocycles. The Morgan fingerprint density at radius 1 is 1.46 bits per heavy atom. The highest BCUT2D eigenvalue weighted by Crippen LogP contribution is 2.19. The van der Waals surface area contributed by atoms with Crippen LogP contribution in [0.4, 0.5) is 8.78 Å². The van der Waals surface area contributed by atoms with Crippen LogP contribution < -0.4 is 5.73 Å². The molecule has 13 heavy (non-hydrogen) atoms. The van der Waals surface area contributed by atoms with E-state index in [1.807, 2.05) is 0 Å². The minimum absolute atomic E-state index is 0.284. The molecule has 1 aromatic rings. The lowest BCUT2D eigenvalue weighted by Gasteiger charge is -2.12. The van der Waals surface area contributed by atoms with Gasteiger partial charge >= 0.3 is 0 Å². The van der Waals surface area contributed by atoms with Crippen molar-refractivity contribution in [1.29, 1.82) is 0 Å². The van der Waals surface area contributed by atoms with Gasteiger partial charge < -0.3 is 5.73 Å². The van der Waals surface area contributed by atoms with Crippen LogP contribution in [0.3, 0.4) is 0 Å². The summed E-state index contributed by atoms with van der Waals surface area (Å²) in [6.07, 6.45) is 0.284. The topological polar surface area (TPSA) is 26.0 Å². The van der Waals surface area contributed by atoms with E-state index in [4.69, 9.17) is 5.73 Å². The lowest BCUT2D eigenvalue weighted by molar-refractivity contribution is 0.441. The second-order valence-electron chi connectivity index (χ2n) is 3.09. The molecule has 0 fully saturated rings. The van der Waals surface area contributed by atoms with E-state index in [0.29, 0.717) is 0 Å². The Hall–Kier alpha value is -0.960. The number of rotatable bonds is 3. The first-order chi connectivity index (χ1) is 6.15. The molecule has 1 nitrogen and oxygen atoms in total. The lowest BCUT2D eigenvalue weighted by Crippen LogP contribution is -2.12. The average molecular weight is 185 g/mol. The molecule has 0 saturated heterocycles. The van der Waals surface area contributed by atoms with E-state index in [9.17, 15) is 8.78 Å². The average Bonchev–Trinajstić information content (AvgIpc) is 2.04. The largest absolute Gasteiger partial charge is 0.324 e. The van der Waals surface area contributed by atoms with Gasteiger partial charge in [0.2, 0.25) is 0 Å². The van der Waals surface area contributed by atoms with Crippen molar-refractivity contribution in [3.05, 3.63) is 35.1 Å². The predicted molar refractivity (Wildman–Crippen MR) is 48.7 cm³/mol. The molecule has 3 heteroatoms. The second kappa shape index (κ2) is 4.33. The number of hydrogen-bond acceptors (Lipinski definition) is 1. The second-order valence-corrected chi connectivity index (χ2v) is 3.09. The molecular formula is C10H13F2N. The highest BCUT2D eigenvalue weighted by Gasteiger charge is 2.08. The molecule has 1 aromatic carbocycles. The molecule has 0 aliphatic rings. The summed E-state index contributed by atoms with van der Waals surface area (Å²) in [6.45, 7) is 1.33. The third kappa shape index (κ3) is 2.49. The molecule has 0 heterocycles. The number of halogens is 2. The van der Waals surface area contributed by atoms with E-state index < -0.39 is 6.67 Å². The molecule has 0 aromatic heterocycles. The lowest BCUT2D eigenvalue weighted by atomic mass is 10.00. The van der Waals surface area contributed by atoms with Crippen molar-refractivity contribution in [3.8, 4) is 0 Å². The molecule has 0 radical (unpaired) electrons. The molecule has 0 bridgehead atoms. The molecule has 72 valence electrons. The van der Waals surface area contributed by atoms with Crippen LogP contribution in [0.15, 0.2) is 18.2 Å². The van der Waals surface area contributed by atoms with E-state index in [-0.39, 0.29) is 18.3 Å². The summed E-state index contributed by atoms with van der Waals surface area (Å²) in [4.78, 5) is 0. The van der Waals surface area contributed by atoms with Gasteiger partial charge in [0.25, 0.3) is 0 Å². The summed E-state index contributed by atoms with van der Waals surface area (Å²) in [6, 6.07) is 4.05. The highest BCUT2D eigenvalue weighted by atomic mass is 19.1. The highest BCUT2D eigenvalue weighted by molar-refractivity contribution is 5.29. The summed E-state index contributed by atoms with van der Waals surface area (Å²) < 4.78 is 24.7. The monoisotopic (exact) mass is 185 g/mol. The van der Waals surface area contributed by atoms with Crippen LogP contribution in [-0.4, -0.2) is 6.67 Å². The zero-order valence-corrected chi connectivity index (χ0v) is 7.56. The Bertz CT molecular complexity index is 286. The maximum Gasteiger partial charge on any atom is 0.123 e. The van der Waals surface area contributed by atoms with Gasteiger partial charge in [-0.1, -0.05) is 6.07 Å². The van der Waals surface area contributed by atoms with Crippen molar-refractivity contribution >= 4 is 0 Å². The fourth-order valence-corrected chi connectivity index (χ4v) is 1.33. The molecule has 0 aliphatic heterocycles. The normalized spacial score (nSPS) is 12.9. The van der Waals surface area contributed by atoms with Crippen molar-refractivity contribution < 1.29 is 8.78 Å². The summed E-state index contributed by atoms with van der Waals surface area (Å²) in [5.41, 5.74) is 7.29. The smallest absolute Gasteiger partial charge is 0.123 e. The molecule has 0 unspecified atom stereocenters. The Morgan fingerprint density at radius 2 is 2.15 bits per heavy atom. The third-order valence-corrected chi connectivity index (χ3v) is 2.05. The van der Waals surface area contributed by atoms with E-state index in [2.05, 4.69) is 0 Å². The van der Waals surface area contributed by atoms with Crippen molar-refractivity contribution in [2.75, 3.05) is 6.67 Å². The van der Waals surface area contributed by atoms with Gasteiger partial charge in [0, 0.05) is 6.04 Å². The summed E-state index contributed by atoms with van der Waals surface area (Å²) in [5, 5.41) is 0. The van der Waals surface area contributed by atoms with Crippen LogP contribution in [-0.2, 0) is 0 Å². The third-order valence-electron chi connectivity index (χ3n) is 2.05. The first kappa shape index (κ1) is 10.1. The van der Waals surface area contributed by atoms with Gasteiger partial charge in [-0.2, -0.15) is 0 Å². The molecule has 0 amide bonds. The van der Waals surface area contributed by atoms with E-state index in [0.717, 1.165) is 11.1 Å². The first-order valence-electron chi connectivity index (χ1n) is 4.22. The Kier molecular flexibility index (Phi) is 3.37. The molecule has 0 spiro atoms. The summed E-state index contributed by atoms with van der Waals surface area (Å²) in [7, 11) is 0. The Balaban J connectivity index is 2.88. The molecule has 2 N–H and O–H groups in total. The van der Waals surface area contributed by atoms with E-state index >= 15 is 0 Å². The van der Waals surface area contributed by atoms with Gasteiger partial charge in [-0.25, -0.2) is 4.39 Å². The first-order valence-corrected chi connectivity index (χ1v) is 4.22. The summed E-state index contributed by atoms with van der Waals surface area (Å²) in [5.74, 6) is -0.284. The van der Waals surface area contributed by atoms with Gasteiger partial charge in [-0.05, 0) is 36.6 Å². The number of alkyl halides is 1. The van der Waals surface area contributed by atoms with Crippen molar-refractivity contribution in [2.45, 2.75) is 19.4 Å². The molecule has 0 saturated carbocycles. The van der Waals surface area contributed by atoms with E-state index in [1.54, 1.807) is 13.0 Å². The Morgan fingerprint density at radius 3 is 2.69 bits per heavy atom. The molecular weight excluding hydrogens is 172 g/mol. The minimum atomic E-state index is -0.446.